The number of nitrogen functional groups attached to an aromatic ring is 1. The van der Waals surface area contributed by atoms with E-state index < -0.39 is 0 Å². The second-order valence-corrected chi connectivity index (χ2v) is 4.84. The van der Waals surface area contributed by atoms with Crippen LogP contribution in [0.25, 0.3) is 0 Å². The molecule has 1 amide bonds. The topological polar surface area (TPSA) is 72.1 Å². The molecule has 2 aromatic rings. The molecule has 2 N–H and O–H groups in total. The van der Waals surface area contributed by atoms with Gasteiger partial charge in [0.1, 0.15) is 0 Å². The van der Waals surface area contributed by atoms with Gasteiger partial charge in [0.2, 0.25) is 0 Å². The van der Waals surface area contributed by atoms with Crippen molar-refractivity contribution in [1.29, 1.82) is 0 Å². The highest BCUT2D eigenvalue weighted by Gasteiger charge is 2.20. The fraction of sp³-hybridized carbons (Fsp3) is 0.312. The van der Waals surface area contributed by atoms with Gasteiger partial charge < -0.3 is 10.6 Å². The third-order valence-corrected chi connectivity index (χ3v) is 3.30. The highest BCUT2D eigenvalue weighted by molar-refractivity contribution is 6.07. The summed E-state index contributed by atoms with van der Waals surface area (Å²) >= 11 is 0. The average Bonchev–Trinajstić information content (AvgIpc) is 2.48. The Bertz CT molecular complexity index is 654. The van der Waals surface area contributed by atoms with Gasteiger partial charge in [-0.25, -0.2) is 0 Å². The summed E-state index contributed by atoms with van der Waals surface area (Å²) in [4.78, 5) is 14.5. The lowest BCUT2D eigenvalue weighted by molar-refractivity contribution is 0.0986. The van der Waals surface area contributed by atoms with Gasteiger partial charge in [-0.05, 0) is 44.5 Å². The number of rotatable bonds is 4. The molecule has 1 heterocycles. The van der Waals surface area contributed by atoms with Crippen molar-refractivity contribution in [2.45, 2.75) is 27.2 Å². The van der Waals surface area contributed by atoms with Gasteiger partial charge in [-0.2, -0.15) is 10.2 Å². The van der Waals surface area contributed by atoms with E-state index in [2.05, 4.69) is 10.2 Å². The quantitative estimate of drug-likeness (QED) is 0.876. The van der Waals surface area contributed by atoms with Crippen LogP contribution < -0.4 is 10.6 Å². The molecule has 0 saturated heterocycles. The Morgan fingerprint density at radius 2 is 2.00 bits per heavy atom. The van der Waals surface area contributed by atoms with Gasteiger partial charge in [-0.15, -0.1) is 0 Å². The number of nitrogens with zero attached hydrogens (tertiary/aromatic N) is 3. The predicted molar refractivity (Wildman–Crippen MR) is 84.4 cm³/mol. The number of hydrogen-bond donors (Lipinski definition) is 1. The lowest BCUT2D eigenvalue weighted by Crippen LogP contribution is -2.32. The summed E-state index contributed by atoms with van der Waals surface area (Å²) in [5.41, 5.74) is 9.29. The third kappa shape index (κ3) is 3.18. The summed E-state index contributed by atoms with van der Waals surface area (Å²) < 4.78 is 0. The lowest BCUT2D eigenvalue weighted by Gasteiger charge is -2.22. The zero-order valence-corrected chi connectivity index (χ0v) is 12.6. The second-order valence-electron chi connectivity index (χ2n) is 4.84. The van der Waals surface area contributed by atoms with Crippen molar-refractivity contribution in [1.82, 2.24) is 10.2 Å². The van der Waals surface area contributed by atoms with Crippen molar-refractivity contribution in [3.05, 3.63) is 47.3 Å². The molecule has 2 rings (SSSR count). The Labute approximate surface area is 124 Å². The van der Waals surface area contributed by atoms with Crippen LogP contribution in [-0.4, -0.2) is 22.6 Å². The summed E-state index contributed by atoms with van der Waals surface area (Å²) in [5, 5.41) is 8.15. The zero-order valence-electron chi connectivity index (χ0n) is 12.6. The fourth-order valence-corrected chi connectivity index (χ4v) is 2.24. The Morgan fingerprint density at radius 3 is 2.62 bits per heavy atom. The molecule has 5 nitrogen and oxygen atoms in total. The number of anilines is 2. The van der Waals surface area contributed by atoms with Crippen LogP contribution in [0.15, 0.2) is 30.3 Å². The molecule has 0 fully saturated rings. The molecule has 0 radical (unpaired) electrons. The highest BCUT2D eigenvalue weighted by atomic mass is 16.2. The zero-order chi connectivity index (χ0) is 15.4. The summed E-state index contributed by atoms with van der Waals surface area (Å²) in [5.74, 6) is -0.0713. The van der Waals surface area contributed by atoms with Crippen LogP contribution in [0, 0.1) is 6.92 Å². The molecule has 0 atom stereocenters. The summed E-state index contributed by atoms with van der Waals surface area (Å²) in [6, 6.07) is 9.12. The van der Waals surface area contributed by atoms with E-state index in [1.807, 2.05) is 32.9 Å². The number of carbonyl (C=O) groups excluding carboxylic acids is 1. The Hall–Kier alpha value is -2.43. The van der Waals surface area contributed by atoms with E-state index in [1.54, 1.807) is 23.1 Å². The van der Waals surface area contributed by atoms with Gasteiger partial charge in [0.15, 0.2) is 0 Å². The molecule has 21 heavy (non-hydrogen) atoms. The minimum absolute atomic E-state index is 0.0713. The highest BCUT2D eigenvalue weighted by Crippen LogP contribution is 2.21. The first-order valence-electron chi connectivity index (χ1n) is 7.07. The Morgan fingerprint density at radius 1 is 1.24 bits per heavy atom. The van der Waals surface area contributed by atoms with Crippen LogP contribution in [0.1, 0.15) is 35.6 Å². The van der Waals surface area contributed by atoms with E-state index in [1.165, 1.54) is 0 Å². The maximum atomic E-state index is 12.8. The predicted octanol–water partition coefficient (Wildman–Crippen LogP) is 2.60. The maximum absolute atomic E-state index is 12.8. The van der Waals surface area contributed by atoms with E-state index in [9.17, 15) is 4.79 Å². The molecule has 0 aliphatic rings. The molecular weight excluding hydrogens is 264 g/mol. The molecule has 110 valence electrons. The fourth-order valence-electron chi connectivity index (χ4n) is 2.24. The van der Waals surface area contributed by atoms with Crippen LogP contribution in [0.4, 0.5) is 11.4 Å². The molecule has 1 aromatic heterocycles. The van der Waals surface area contributed by atoms with Crippen molar-refractivity contribution < 1.29 is 4.79 Å². The number of hydrogen-bond acceptors (Lipinski definition) is 4. The monoisotopic (exact) mass is 284 g/mol. The number of aryl methyl sites for hydroxylation is 2. The third-order valence-electron chi connectivity index (χ3n) is 3.30. The first-order chi connectivity index (χ1) is 10.1. The van der Waals surface area contributed by atoms with Crippen molar-refractivity contribution in [2.75, 3.05) is 17.2 Å². The molecule has 5 heteroatoms. The second kappa shape index (κ2) is 6.35. The van der Waals surface area contributed by atoms with E-state index in [0.717, 1.165) is 11.4 Å². The summed E-state index contributed by atoms with van der Waals surface area (Å²) in [6.07, 6.45) is 0.669. The number of benzene rings is 1. The smallest absolute Gasteiger partial charge is 0.260 e. The molecule has 0 aliphatic heterocycles. The number of carbonyl (C=O) groups is 1. The Balaban J connectivity index is 2.43. The van der Waals surface area contributed by atoms with Gasteiger partial charge in [-0.1, -0.05) is 13.0 Å². The van der Waals surface area contributed by atoms with Crippen molar-refractivity contribution in [3.63, 3.8) is 0 Å². The van der Waals surface area contributed by atoms with Crippen LogP contribution in [0.3, 0.4) is 0 Å². The average molecular weight is 284 g/mol. The van der Waals surface area contributed by atoms with Crippen LogP contribution in [0.2, 0.25) is 0 Å². The van der Waals surface area contributed by atoms with Crippen LogP contribution in [0.5, 0.6) is 0 Å². The molecule has 1 aromatic carbocycles. The molecular formula is C16H20N4O. The van der Waals surface area contributed by atoms with E-state index in [-0.39, 0.29) is 5.91 Å². The maximum Gasteiger partial charge on any atom is 0.260 e. The van der Waals surface area contributed by atoms with Crippen molar-refractivity contribution in [2.24, 2.45) is 0 Å². The molecule has 0 saturated carbocycles. The van der Waals surface area contributed by atoms with E-state index in [0.29, 0.717) is 29.9 Å². The normalized spacial score (nSPS) is 10.4. The number of amides is 1. The lowest BCUT2D eigenvalue weighted by atomic mass is 10.1. The number of aromatic nitrogens is 2. The first kappa shape index (κ1) is 15.0. The van der Waals surface area contributed by atoms with Crippen LogP contribution >= 0.6 is 0 Å². The van der Waals surface area contributed by atoms with Crippen molar-refractivity contribution in [3.8, 4) is 0 Å². The van der Waals surface area contributed by atoms with Gasteiger partial charge >= 0.3 is 0 Å². The first-order valence-corrected chi connectivity index (χ1v) is 7.07. The van der Waals surface area contributed by atoms with E-state index in [4.69, 9.17) is 5.73 Å². The van der Waals surface area contributed by atoms with Gasteiger partial charge in [0, 0.05) is 17.9 Å². The molecule has 0 unspecified atom stereocenters. The molecule has 0 spiro atoms. The van der Waals surface area contributed by atoms with Crippen LogP contribution in [-0.2, 0) is 6.42 Å². The summed E-state index contributed by atoms with van der Waals surface area (Å²) in [7, 11) is 0. The standard InChI is InChI=1S/C16H20N4O/c1-4-15-14(9-11(3)18-19-15)16(21)20(5-2)13-8-6-7-12(17)10-13/h6-10H,4-5,17H2,1-3H3. The largest absolute Gasteiger partial charge is 0.399 e. The van der Waals surface area contributed by atoms with E-state index >= 15 is 0 Å². The SMILES string of the molecule is CCc1nnc(C)cc1C(=O)N(CC)c1cccc(N)c1. The Kier molecular flexibility index (Phi) is 4.52. The minimum Gasteiger partial charge on any atom is -0.399 e. The van der Waals surface area contributed by atoms with Gasteiger partial charge in [0.25, 0.3) is 5.91 Å². The molecule has 0 bridgehead atoms. The minimum atomic E-state index is -0.0713. The van der Waals surface area contributed by atoms with Gasteiger partial charge in [0.05, 0.1) is 17.0 Å². The number of nitrogens with two attached hydrogens (primary N) is 1. The van der Waals surface area contributed by atoms with Crippen molar-refractivity contribution >= 4 is 17.3 Å². The molecule has 0 aliphatic carbocycles. The van der Waals surface area contributed by atoms with Gasteiger partial charge in [-0.3, -0.25) is 4.79 Å². The summed E-state index contributed by atoms with van der Waals surface area (Å²) in [6.45, 7) is 6.30.